The lowest BCUT2D eigenvalue weighted by Gasteiger charge is -2.19. The zero-order chi connectivity index (χ0) is 23.2. The van der Waals surface area contributed by atoms with Crippen molar-refractivity contribution >= 4 is 28.3 Å². The van der Waals surface area contributed by atoms with Gasteiger partial charge < -0.3 is 14.0 Å². The van der Waals surface area contributed by atoms with E-state index < -0.39 is 0 Å². The van der Waals surface area contributed by atoms with Crippen LogP contribution in [0.2, 0.25) is 5.02 Å². The summed E-state index contributed by atoms with van der Waals surface area (Å²) in [5.41, 5.74) is 4.81. The number of hydrogen-bond donors (Lipinski definition) is 0. The topological polar surface area (TPSA) is 83.5 Å². The zero-order valence-electron chi connectivity index (χ0n) is 18.4. The Bertz CT molecular complexity index is 1630. The molecule has 34 heavy (non-hydrogen) atoms. The van der Waals surface area contributed by atoms with Gasteiger partial charge in [0.1, 0.15) is 18.7 Å². The van der Waals surface area contributed by atoms with Crippen LogP contribution in [0.3, 0.4) is 0 Å². The Morgan fingerprint density at radius 3 is 2.71 bits per heavy atom. The number of benzene rings is 2. The van der Waals surface area contributed by atoms with E-state index in [0.29, 0.717) is 48.1 Å². The number of ether oxygens (including phenoxy) is 2. The Morgan fingerprint density at radius 1 is 1.03 bits per heavy atom. The maximum absolute atomic E-state index is 13.3. The van der Waals surface area contributed by atoms with E-state index >= 15 is 0 Å². The van der Waals surface area contributed by atoms with Crippen molar-refractivity contribution in [3.8, 4) is 22.6 Å². The lowest BCUT2D eigenvalue weighted by Crippen LogP contribution is -2.22. The fourth-order valence-electron chi connectivity index (χ4n) is 4.32. The van der Waals surface area contributed by atoms with E-state index in [2.05, 4.69) is 10.2 Å². The minimum absolute atomic E-state index is 0.236. The van der Waals surface area contributed by atoms with E-state index in [9.17, 15) is 4.79 Å². The number of halogens is 1. The monoisotopic (exact) mass is 473 g/mol. The largest absolute Gasteiger partial charge is 0.486 e. The first-order valence-electron chi connectivity index (χ1n) is 11.0. The van der Waals surface area contributed by atoms with Crippen LogP contribution in [0.5, 0.6) is 11.5 Å². The second-order valence-electron chi connectivity index (χ2n) is 8.08. The highest BCUT2D eigenvalue weighted by Gasteiger charge is 2.19. The molecule has 0 spiro atoms. The Hall–Kier alpha value is -3.91. The first-order chi connectivity index (χ1) is 16.6. The molecule has 0 fully saturated rings. The standard InChI is InChI=1S/C25H20ClN5O3/c1-2-18-22(16-4-3-5-17(26)13-16)24-28-27-23-19(31(24)29-18)8-9-30(25(23)32)14-15-6-7-20-21(12-15)34-11-10-33-20/h3-9,12-13H,2,10-11,14H2,1H3. The smallest absolute Gasteiger partial charge is 0.280 e. The summed E-state index contributed by atoms with van der Waals surface area (Å²) in [6.07, 6.45) is 2.46. The Morgan fingerprint density at radius 2 is 1.88 bits per heavy atom. The zero-order valence-corrected chi connectivity index (χ0v) is 19.1. The average Bonchev–Trinajstić information content (AvgIpc) is 3.25. The van der Waals surface area contributed by atoms with Gasteiger partial charge >= 0.3 is 0 Å². The summed E-state index contributed by atoms with van der Waals surface area (Å²) in [4.78, 5) is 13.3. The van der Waals surface area contributed by atoms with Crippen LogP contribution in [0.25, 0.3) is 27.8 Å². The van der Waals surface area contributed by atoms with Crippen LogP contribution >= 0.6 is 11.6 Å². The number of nitrogens with zero attached hydrogens (tertiary/aromatic N) is 5. The predicted molar refractivity (Wildman–Crippen MR) is 129 cm³/mol. The summed E-state index contributed by atoms with van der Waals surface area (Å²) >= 11 is 6.23. The summed E-state index contributed by atoms with van der Waals surface area (Å²) in [6, 6.07) is 15.1. The van der Waals surface area contributed by atoms with Crippen LogP contribution in [0, 0.1) is 0 Å². The van der Waals surface area contributed by atoms with E-state index in [0.717, 1.165) is 28.1 Å². The second kappa shape index (κ2) is 8.14. The van der Waals surface area contributed by atoms with Gasteiger partial charge in [0.2, 0.25) is 0 Å². The third-order valence-corrected chi connectivity index (χ3v) is 6.17. The van der Waals surface area contributed by atoms with Crippen LogP contribution in [0.1, 0.15) is 18.2 Å². The molecule has 0 radical (unpaired) electrons. The van der Waals surface area contributed by atoms with Crippen LogP contribution < -0.4 is 15.0 Å². The van der Waals surface area contributed by atoms with E-state index in [4.69, 9.17) is 26.2 Å². The molecule has 0 saturated heterocycles. The van der Waals surface area contributed by atoms with Crippen LogP contribution in [0.15, 0.2) is 59.5 Å². The summed E-state index contributed by atoms with van der Waals surface area (Å²) in [5.74, 6) is 1.41. The van der Waals surface area contributed by atoms with Crippen molar-refractivity contribution in [3.63, 3.8) is 0 Å². The quantitative estimate of drug-likeness (QED) is 0.390. The first-order valence-corrected chi connectivity index (χ1v) is 11.4. The van der Waals surface area contributed by atoms with Crippen molar-refractivity contribution in [1.82, 2.24) is 24.4 Å². The molecule has 0 bridgehead atoms. The molecule has 6 rings (SSSR count). The van der Waals surface area contributed by atoms with Gasteiger partial charge in [-0.05, 0) is 47.9 Å². The number of hydrogen-bond acceptors (Lipinski definition) is 6. The van der Waals surface area contributed by atoms with Crippen molar-refractivity contribution < 1.29 is 9.47 Å². The maximum Gasteiger partial charge on any atom is 0.280 e. The molecular formula is C25H20ClN5O3. The van der Waals surface area contributed by atoms with Gasteiger partial charge in [-0.2, -0.15) is 5.10 Å². The van der Waals surface area contributed by atoms with Crippen LogP contribution in [-0.2, 0) is 13.0 Å². The highest BCUT2D eigenvalue weighted by atomic mass is 35.5. The van der Waals surface area contributed by atoms with Gasteiger partial charge in [-0.3, -0.25) is 4.79 Å². The molecule has 0 aliphatic carbocycles. The number of aryl methyl sites for hydroxylation is 1. The van der Waals surface area contributed by atoms with Crippen molar-refractivity contribution in [2.45, 2.75) is 19.9 Å². The lowest BCUT2D eigenvalue weighted by molar-refractivity contribution is 0.171. The number of aromatic nitrogens is 5. The fraction of sp³-hybridized carbons (Fsp3) is 0.200. The van der Waals surface area contributed by atoms with E-state index in [1.54, 1.807) is 15.3 Å². The van der Waals surface area contributed by atoms with Crippen molar-refractivity contribution in [3.05, 3.63) is 81.4 Å². The van der Waals surface area contributed by atoms with Gasteiger partial charge in [0.25, 0.3) is 5.56 Å². The molecule has 0 amide bonds. The molecule has 9 heteroatoms. The number of pyridine rings is 1. The van der Waals surface area contributed by atoms with Gasteiger partial charge in [0.15, 0.2) is 22.7 Å². The van der Waals surface area contributed by atoms with Crippen molar-refractivity contribution in [2.75, 3.05) is 13.2 Å². The van der Waals surface area contributed by atoms with Gasteiger partial charge in [-0.15, -0.1) is 10.2 Å². The minimum atomic E-state index is -0.236. The van der Waals surface area contributed by atoms with Gasteiger partial charge in [-0.1, -0.05) is 36.7 Å². The molecule has 2 aromatic carbocycles. The first kappa shape index (κ1) is 20.7. The SMILES string of the molecule is CCc1nn2c(nnc3c(=O)n(Cc4ccc5c(c4)OCCO5)ccc32)c1-c1cccc(Cl)c1. The van der Waals surface area contributed by atoms with Crippen LogP contribution in [-0.4, -0.2) is 37.6 Å². The molecule has 0 saturated carbocycles. The maximum atomic E-state index is 13.3. The summed E-state index contributed by atoms with van der Waals surface area (Å²) in [5, 5.41) is 14.1. The van der Waals surface area contributed by atoms with E-state index in [1.165, 1.54) is 0 Å². The Labute approximate surface area is 199 Å². The molecule has 1 aliphatic heterocycles. The number of rotatable bonds is 4. The third kappa shape index (κ3) is 3.38. The molecule has 1 aliphatic rings. The second-order valence-corrected chi connectivity index (χ2v) is 8.52. The molecule has 170 valence electrons. The van der Waals surface area contributed by atoms with Gasteiger partial charge in [-0.25, -0.2) is 4.52 Å². The van der Waals surface area contributed by atoms with Gasteiger partial charge in [0.05, 0.1) is 17.8 Å². The molecular weight excluding hydrogens is 454 g/mol. The molecule has 3 aromatic heterocycles. The summed E-state index contributed by atoms with van der Waals surface area (Å²) < 4.78 is 14.6. The third-order valence-electron chi connectivity index (χ3n) is 5.93. The predicted octanol–water partition coefficient (Wildman–Crippen LogP) is 4.14. The Kier molecular flexibility index (Phi) is 4.95. The summed E-state index contributed by atoms with van der Waals surface area (Å²) in [6.45, 7) is 3.46. The molecule has 0 atom stereocenters. The molecule has 5 aromatic rings. The Balaban J connectivity index is 1.45. The number of fused-ring (bicyclic) bond motifs is 4. The minimum Gasteiger partial charge on any atom is -0.486 e. The van der Waals surface area contributed by atoms with Crippen molar-refractivity contribution in [1.29, 1.82) is 0 Å². The molecule has 4 heterocycles. The molecule has 8 nitrogen and oxygen atoms in total. The lowest BCUT2D eigenvalue weighted by atomic mass is 10.0. The van der Waals surface area contributed by atoms with E-state index in [-0.39, 0.29) is 11.1 Å². The molecule has 0 unspecified atom stereocenters. The highest BCUT2D eigenvalue weighted by Crippen LogP contribution is 2.32. The van der Waals surface area contributed by atoms with E-state index in [1.807, 2.05) is 55.5 Å². The summed E-state index contributed by atoms with van der Waals surface area (Å²) in [7, 11) is 0. The average molecular weight is 474 g/mol. The highest BCUT2D eigenvalue weighted by molar-refractivity contribution is 6.30. The fourth-order valence-corrected chi connectivity index (χ4v) is 4.51. The van der Waals surface area contributed by atoms with Crippen molar-refractivity contribution in [2.24, 2.45) is 0 Å². The molecule has 0 N–H and O–H groups in total. The normalized spacial score (nSPS) is 13.0. The van der Waals surface area contributed by atoms with Crippen LogP contribution in [0.4, 0.5) is 0 Å². The van der Waals surface area contributed by atoms with Gasteiger partial charge in [0, 0.05) is 11.2 Å².